The Morgan fingerprint density at radius 1 is 1.17 bits per heavy atom. The standard InChI is InChI=1S/C14H15N3O/c1-10-3-5-13(18)12(7-10)9-16-17-14-6-4-11(2)8-15-14/h3-9,18H,1-2H3,(H,15,17). The number of benzene rings is 1. The van der Waals surface area contributed by atoms with E-state index in [4.69, 9.17) is 0 Å². The minimum atomic E-state index is 0.211. The fourth-order valence-electron chi connectivity index (χ4n) is 1.48. The lowest BCUT2D eigenvalue weighted by Crippen LogP contribution is -1.93. The van der Waals surface area contributed by atoms with Crippen molar-refractivity contribution in [3.63, 3.8) is 0 Å². The fraction of sp³-hybridized carbons (Fsp3) is 0.143. The minimum Gasteiger partial charge on any atom is -0.507 e. The van der Waals surface area contributed by atoms with E-state index in [1.807, 2.05) is 38.1 Å². The number of anilines is 1. The number of aromatic hydroxyl groups is 1. The summed E-state index contributed by atoms with van der Waals surface area (Å²) in [6, 6.07) is 9.17. The van der Waals surface area contributed by atoms with Gasteiger partial charge in [0.15, 0.2) is 0 Å². The maximum absolute atomic E-state index is 9.63. The van der Waals surface area contributed by atoms with Gasteiger partial charge in [0.05, 0.1) is 6.21 Å². The molecule has 18 heavy (non-hydrogen) atoms. The predicted molar refractivity (Wildman–Crippen MR) is 73.0 cm³/mol. The van der Waals surface area contributed by atoms with Gasteiger partial charge in [-0.15, -0.1) is 0 Å². The van der Waals surface area contributed by atoms with Gasteiger partial charge < -0.3 is 5.11 Å². The molecule has 2 rings (SSSR count). The number of phenols is 1. The van der Waals surface area contributed by atoms with E-state index in [9.17, 15) is 5.11 Å². The predicted octanol–water partition coefficient (Wildman–Crippen LogP) is 2.85. The molecule has 0 fully saturated rings. The van der Waals surface area contributed by atoms with E-state index < -0.39 is 0 Å². The fourth-order valence-corrected chi connectivity index (χ4v) is 1.48. The van der Waals surface area contributed by atoms with Gasteiger partial charge in [-0.05, 0) is 37.6 Å². The SMILES string of the molecule is Cc1ccc(NN=Cc2cc(C)ccc2O)nc1. The van der Waals surface area contributed by atoms with Gasteiger partial charge in [0, 0.05) is 11.8 Å². The van der Waals surface area contributed by atoms with Crippen LogP contribution in [0.3, 0.4) is 0 Å². The molecule has 0 spiro atoms. The number of rotatable bonds is 3. The molecule has 0 amide bonds. The van der Waals surface area contributed by atoms with Crippen LogP contribution < -0.4 is 5.43 Å². The van der Waals surface area contributed by atoms with Crippen molar-refractivity contribution < 1.29 is 5.11 Å². The summed E-state index contributed by atoms with van der Waals surface area (Å²) in [6.45, 7) is 3.94. The molecule has 1 aromatic heterocycles. The molecule has 4 nitrogen and oxygen atoms in total. The average Bonchev–Trinajstić information content (AvgIpc) is 2.36. The Hall–Kier alpha value is -2.36. The molecule has 92 valence electrons. The molecule has 0 bridgehead atoms. The summed E-state index contributed by atoms with van der Waals surface area (Å²) in [4.78, 5) is 4.16. The minimum absolute atomic E-state index is 0.211. The Kier molecular flexibility index (Phi) is 3.57. The lowest BCUT2D eigenvalue weighted by molar-refractivity contribution is 0.474. The highest BCUT2D eigenvalue weighted by Gasteiger charge is 1.97. The third-order valence-electron chi connectivity index (χ3n) is 2.48. The highest BCUT2D eigenvalue weighted by Crippen LogP contribution is 2.15. The second kappa shape index (κ2) is 5.31. The van der Waals surface area contributed by atoms with Crippen LogP contribution in [0.4, 0.5) is 5.82 Å². The zero-order chi connectivity index (χ0) is 13.0. The van der Waals surface area contributed by atoms with Crippen molar-refractivity contribution in [1.82, 2.24) is 4.98 Å². The molecule has 0 atom stereocenters. The number of aryl methyl sites for hydroxylation is 2. The van der Waals surface area contributed by atoms with E-state index in [0.717, 1.165) is 11.1 Å². The van der Waals surface area contributed by atoms with Crippen molar-refractivity contribution in [2.24, 2.45) is 5.10 Å². The Morgan fingerprint density at radius 2 is 1.94 bits per heavy atom. The smallest absolute Gasteiger partial charge is 0.146 e. The molecule has 0 unspecified atom stereocenters. The van der Waals surface area contributed by atoms with Crippen LogP contribution in [0, 0.1) is 13.8 Å². The van der Waals surface area contributed by atoms with E-state index in [1.54, 1.807) is 18.5 Å². The number of aromatic nitrogens is 1. The Bertz CT molecular complexity index is 562. The summed E-state index contributed by atoms with van der Waals surface area (Å²) in [5, 5.41) is 13.7. The van der Waals surface area contributed by atoms with Gasteiger partial charge in [-0.3, -0.25) is 5.43 Å². The van der Waals surface area contributed by atoms with Crippen LogP contribution in [-0.2, 0) is 0 Å². The number of nitrogens with zero attached hydrogens (tertiary/aromatic N) is 2. The zero-order valence-electron chi connectivity index (χ0n) is 10.4. The third-order valence-corrected chi connectivity index (χ3v) is 2.48. The van der Waals surface area contributed by atoms with Crippen LogP contribution in [-0.4, -0.2) is 16.3 Å². The van der Waals surface area contributed by atoms with Crippen molar-refractivity contribution in [2.45, 2.75) is 13.8 Å². The van der Waals surface area contributed by atoms with Crippen molar-refractivity contribution in [2.75, 3.05) is 5.43 Å². The van der Waals surface area contributed by atoms with Crippen molar-refractivity contribution in [3.8, 4) is 5.75 Å². The number of pyridine rings is 1. The first-order chi connectivity index (χ1) is 8.65. The zero-order valence-corrected chi connectivity index (χ0v) is 10.4. The van der Waals surface area contributed by atoms with Crippen LogP contribution in [0.25, 0.3) is 0 Å². The molecule has 0 saturated carbocycles. The van der Waals surface area contributed by atoms with E-state index in [1.165, 1.54) is 0 Å². The lowest BCUT2D eigenvalue weighted by Gasteiger charge is -2.01. The largest absolute Gasteiger partial charge is 0.507 e. The van der Waals surface area contributed by atoms with Gasteiger partial charge >= 0.3 is 0 Å². The normalized spacial score (nSPS) is 10.8. The molecular weight excluding hydrogens is 226 g/mol. The first-order valence-corrected chi connectivity index (χ1v) is 5.66. The van der Waals surface area contributed by atoms with E-state index in [2.05, 4.69) is 15.5 Å². The molecular formula is C14H15N3O. The van der Waals surface area contributed by atoms with Crippen LogP contribution in [0.1, 0.15) is 16.7 Å². The summed E-state index contributed by atoms with van der Waals surface area (Å²) < 4.78 is 0. The van der Waals surface area contributed by atoms with E-state index in [0.29, 0.717) is 11.4 Å². The van der Waals surface area contributed by atoms with Crippen molar-refractivity contribution >= 4 is 12.0 Å². The van der Waals surface area contributed by atoms with Gasteiger partial charge in [-0.1, -0.05) is 17.7 Å². The van der Waals surface area contributed by atoms with Gasteiger partial charge in [0.2, 0.25) is 0 Å². The number of nitrogens with one attached hydrogen (secondary N) is 1. The third kappa shape index (κ3) is 3.07. The van der Waals surface area contributed by atoms with Gasteiger partial charge in [-0.2, -0.15) is 5.10 Å². The number of phenolic OH excluding ortho intramolecular Hbond substituents is 1. The van der Waals surface area contributed by atoms with E-state index in [-0.39, 0.29) is 5.75 Å². The summed E-state index contributed by atoms with van der Waals surface area (Å²) in [5.41, 5.74) is 5.66. The average molecular weight is 241 g/mol. The first kappa shape index (κ1) is 12.1. The second-order valence-corrected chi connectivity index (χ2v) is 4.15. The maximum Gasteiger partial charge on any atom is 0.146 e. The molecule has 1 aromatic carbocycles. The van der Waals surface area contributed by atoms with Gasteiger partial charge in [0.25, 0.3) is 0 Å². The monoisotopic (exact) mass is 241 g/mol. The number of hydrogen-bond donors (Lipinski definition) is 2. The van der Waals surface area contributed by atoms with Crippen LogP contribution in [0.2, 0.25) is 0 Å². The summed E-state index contributed by atoms with van der Waals surface area (Å²) >= 11 is 0. The second-order valence-electron chi connectivity index (χ2n) is 4.15. The van der Waals surface area contributed by atoms with E-state index >= 15 is 0 Å². The number of hydrazone groups is 1. The molecule has 1 heterocycles. The number of hydrogen-bond acceptors (Lipinski definition) is 4. The molecule has 2 N–H and O–H groups in total. The van der Waals surface area contributed by atoms with Crippen molar-refractivity contribution in [1.29, 1.82) is 0 Å². The molecule has 0 aliphatic heterocycles. The summed E-state index contributed by atoms with van der Waals surface area (Å²) in [5.74, 6) is 0.881. The Labute approximate surface area is 106 Å². The highest BCUT2D eigenvalue weighted by molar-refractivity contribution is 5.84. The quantitative estimate of drug-likeness (QED) is 0.641. The van der Waals surface area contributed by atoms with Crippen LogP contribution in [0.15, 0.2) is 41.6 Å². The van der Waals surface area contributed by atoms with Gasteiger partial charge in [0.1, 0.15) is 11.6 Å². The topological polar surface area (TPSA) is 57.5 Å². The summed E-state index contributed by atoms with van der Waals surface area (Å²) in [6.07, 6.45) is 3.34. The van der Waals surface area contributed by atoms with Crippen molar-refractivity contribution in [3.05, 3.63) is 53.2 Å². The summed E-state index contributed by atoms with van der Waals surface area (Å²) in [7, 11) is 0. The Morgan fingerprint density at radius 3 is 2.67 bits per heavy atom. The molecule has 0 saturated heterocycles. The van der Waals surface area contributed by atoms with Crippen LogP contribution in [0.5, 0.6) is 5.75 Å². The molecule has 4 heteroatoms. The maximum atomic E-state index is 9.63. The molecule has 0 aliphatic rings. The van der Waals surface area contributed by atoms with Crippen LogP contribution >= 0.6 is 0 Å². The first-order valence-electron chi connectivity index (χ1n) is 5.66. The molecule has 0 radical (unpaired) electrons. The molecule has 0 aliphatic carbocycles. The highest BCUT2D eigenvalue weighted by atomic mass is 16.3. The Balaban J connectivity index is 2.07. The lowest BCUT2D eigenvalue weighted by atomic mass is 10.1. The molecule has 2 aromatic rings. The van der Waals surface area contributed by atoms with Gasteiger partial charge in [-0.25, -0.2) is 4.98 Å².